The molecule has 0 fully saturated rings. The van der Waals surface area contributed by atoms with Gasteiger partial charge in [-0.15, -0.1) is 11.6 Å². The number of benzene rings is 1. The predicted octanol–water partition coefficient (Wildman–Crippen LogP) is 4.56. The quantitative estimate of drug-likeness (QED) is 0.459. The molecule has 2 aromatic heterocycles. The zero-order valence-electron chi connectivity index (χ0n) is 14.1. The lowest BCUT2D eigenvalue weighted by Crippen LogP contribution is -2.09. The molecule has 2 heterocycles. The Morgan fingerprint density at radius 1 is 1.20 bits per heavy atom. The van der Waals surface area contributed by atoms with Gasteiger partial charge < -0.3 is 10.7 Å². The van der Waals surface area contributed by atoms with Crippen LogP contribution in [0.5, 0.6) is 0 Å². The molecule has 0 spiro atoms. The van der Waals surface area contributed by atoms with Crippen molar-refractivity contribution in [3.05, 3.63) is 53.9 Å². The van der Waals surface area contributed by atoms with Gasteiger partial charge in [0, 0.05) is 41.2 Å². The van der Waals surface area contributed by atoms with Gasteiger partial charge in [-0.1, -0.05) is 12.5 Å². The molecule has 3 N–H and O–H groups in total. The molecule has 1 aromatic carbocycles. The summed E-state index contributed by atoms with van der Waals surface area (Å²) in [6, 6.07) is 10.3. The molecule has 0 saturated carbocycles. The molecule has 0 atom stereocenters. The molecular formula is C20H22ClN3O. The largest absolute Gasteiger partial charge is 0.370 e. The number of halogens is 1. The van der Waals surface area contributed by atoms with E-state index < -0.39 is 0 Å². The summed E-state index contributed by atoms with van der Waals surface area (Å²) in [5, 5.41) is 1.21. The van der Waals surface area contributed by atoms with E-state index in [1.54, 1.807) is 6.20 Å². The molecule has 0 aliphatic heterocycles. The lowest BCUT2D eigenvalue weighted by atomic mass is 9.99. The first-order valence-corrected chi connectivity index (χ1v) is 9.10. The third-order valence-corrected chi connectivity index (χ3v) is 4.73. The Bertz CT molecular complexity index is 858. The van der Waals surface area contributed by atoms with Gasteiger partial charge in [0.25, 0.3) is 0 Å². The SMILES string of the molecule is NC(=O)CCCCCc1c(-c2cccnc2)[nH]c2ccc(CCl)cc12. The van der Waals surface area contributed by atoms with Crippen LogP contribution in [-0.4, -0.2) is 15.9 Å². The number of nitrogens with one attached hydrogen (secondary N) is 1. The number of carbonyl (C=O) groups excluding carboxylic acids is 1. The van der Waals surface area contributed by atoms with E-state index in [2.05, 4.69) is 34.2 Å². The molecule has 0 aliphatic carbocycles. The monoisotopic (exact) mass is 355 g/mol. The van der Waals surface area contributed by atoms with E-state index in [0.29, 0.717) is 12.3 Å². The number of nitrogens with zero attached hydrogens (tertiary/aromatic N) is 1. The number of H-pyrrole nitrogens is 1. The fourth-order valence-electron chi connectivity index (χ4n) is 3.17. The summed E-state index contributed by atoms with van der Waals surface area (Å²) in [6.07, 6.45) is 7.89. The number of unbranched alkanes of at least 4 members (excludes halogenated alkanes) is 2. The predicted molar refractivity (Wildman–Crippen MR) is 102 cm³/mol. The van der Waals surface area contributed by atoms with Gasteiger partial charge in [0.15, 0.2) is 0 Å². The zero-order chi connectivity index (χ0) is 17.6. The highest BCUT2D eigenvalue weighted by molar-refractivity contribution is 6.17. The molecule has 0 aliphatic rings. The van der Waals surface area contributed by atoms with Crippen LogP contribution in [0.1, 0.15) is 36.8 Å². The summed E-state index contributed by atoms with van der Waals surface area (Å²) >= 11 is 6.01. The molecule has 3 rings (SSSR count). The number of amides is 1. The van der Waals surface area contributed by atoms with Crippen molar-refractivity contribution in [2.24, 2.45) is 5.73 Å². The van der Waals surface area contributed by atoms with E-state index in [4.69, 9.17) is 17.3 Å². The highest BCUT2D eigenvalue weighted by Gasteiger charge is 2.13. The van der Waals surface area contributed by atoms with Gasteiger partial charge >= 0.3 is 0 Å². The lowest BCUT2D eigenvalue weighted by molar-refractivity contribution is -0.118. The Kier molecular flexibility index (Phi) is 5.71. The summed E-state index contributed by atoms with van der Waals surface area (Å²) in [4.78, 5) is 18.6. The van der Waals surface area contributed by atoms with E-state index in [-0.39, 0.29) is 5.91 Å². The number of pyridine rings is 1. The number of primary amides is 1. The Balaban J connectivity index is 1.90. The van der Waals surface area contributed by atoms with E-state index in [1.807, 2.05) is 12.3 Å². The van der Waals surface area contributed by atoms with Crippen LogP contribution in [0, 0.1) is 0 Å². The van der Waals surface area contributed by atoms with Crippen molar-refractivity contribution < 1.29 is 4.79 Å². The Labute approximate surface area is 152 Å². The number of alkyl halides is 1. The number of aromatic nitrogens is 2. The average Bonchev–Trinajstić information content (AvgIpc) is 2.99. The summed E-state index contributed by atoms with van der Waals surface area (Å²) < 4.78 is 0. The van der Waals surface area contributed by atoms with Gasteiger partial charge in [0.05, 0.1) is 5.69 Å². The molecular weight excluding hydrogens is 334 g/mol. The molecule has 130 valence electrons. The second kappa shape index (κ2) is 8.17. The van der Waals surface area contributed by atoms with Crippen molar-refractivity contribution in [3.8, 4) is 11.3 Å². The number of carbonyl (C=O) groups is 1. The molecule has 0 bridgehead atoms. The smallest absolute Gasteiger partial charge is 0.217 e. The summed E-state index contributed by atoms with van der Waals surface area (Å²) in [5.74, 6) is 0.274. The average molecular weight is 356 g/mol. The molecule has 25 heavy (non-hydrogen) atoms. The van der Waals surface area contributed by atoms with Crippen molar-refractivity contribution in [3.63, 3.8) is 0 Å². The first-order valence-electron chi connectivity index (χ1n) is 8.57. The maximum atomic E-state index is 10.9. The van der Waals surface area contributed by atoms with Crippen molar-refractivity contribution in [1.82, 2.24) is 9.97 Å². The van der Waals surface area contributed by atoms with Crippen molar-refractivity contribution >= 4 is 28.4 Å². The fourth-order valence-corrected chi connectivity index (χ4v) is 3.34. The number of rotatable bonds is 8. The van der Waals surface area contributed by atoms with Gasteiger partial charge in [0.2, 0.25) is 5.91 Å². The van der Waals surface area contributed by atoms with Gasteiger partial charge in [-0.2, -0.15) is 0 Å². The maximum absolute atomic E-state index is 10.9. The van der Waals surface area contributed by atoms with E-state index in [1.165, 1.54) is 10.9 Å². The van der Waals surface area contributed by atoms with Crippen LogP contribution < -0.4 is 5.73 Å². The second-order valence-electron chi connectivity index (χ2n) is 6.26. The number of aryl methyl sites for hydroxylation is 1. The number of hydrogen-bond donors (Lipinski definition) is 2. The first-order chi connectivity index (χ1) is 12.2. The number of hydrogen-bond acceptors (Lipinski definition) is 2. The topological polar surface area (TPSA) is 71.8 Å². The lowest BCUT2D eigenvalue weighted by Gasteiger charge is -2.06. The minimum atomic E-state index is -0.227. The normalized spacial score (nSPS) is 11.1. The minimum absolute atomic E-state index is 0.227. The van der Waals surface area contributed by atoms with Crippen LogP contribution in [0.3, 0.4) is 0 Å². The molecule has 1 amide bonds. The van der Waals surface area contributed by atoms with Crippen LogP contribution in [-0.2, 0) is 17.1 Å². The molecule has 0 radical (unpaired) electrons. The Morgan fingerprint density at radius 2 is 2.08 bits per heavy atom. The summed E-state index contributed by atoms with van der Waals surface area (Å²) in [7, 11) is 0. The van der Waals surface area contributed by atoms with Crippen LogP contribution in [0.15, 0.2) is 42.7 Å². The van der Waals surface area contributed by atoms with E-state index >= 15 is 0 Å². The minimum Gasteiger partial charge on any atom is -0.370 e. The van der Waals surface area contributed by atoms with Crippen molar-refractivity contribution in [2.45, 2.75) is 38.0 Å². The van der Waals surface area contributed by atoms with Crippen LogP contribution in [0.25, 0.3) is 22.2 Å². The molecule has 3 aromatic rings. The van der Waals surface area contributed by atoms with E-state index in [9.17, 15) is 4.79 Å². The van der Waals surface area contributed by atoms with Crippen LogP contribution in [0.2, 0.25) is 0 Å². The highest BCUT2D eigenvalue weighted by atomic mass is 35.5. The molecule has 0 unspecified atom stereocenters. The van der Waals surface area contributed by atoms with E-state index in [0.717, 1.165) is 48.0 Å². The third kappa shape index (κ3) is 4.20. The first kappa shape index (κ1) is 17.5. The molecule has 0 saturated heterocycles. The zero-order valence-corrected chi connectivity index (χ0v) is 14.9. The number of fused-ring (bicyclic) bond motifs is 1. The van der Waals surface area contributed by atoms with Gasteiger partial charge in [-0.3, -0.25) is 9.78 Å². The number of aromatic amines is 1. The standard InChI is InChI=1S/C20H22ClN3O/c21-12-14-8-9-18-17(11-14)16(6-2-1-3-7-19(22)25)20(24-18)15-5-4-10-23-13-15/h4-5,8-11,13,24H,1-3,6-7,12H2,(H2,22,25). The van der Waals surface area contributed by atoms with Gasteiger partial charge in [0.1, 0.15) is 0 Å². The Hall–Kier alpha value is -2.33. The molecule has 5 heteroatoms. The second-order valence-corrected chi connectivity index (χ2v) is 6.53. The van der Waals surface area contributed by atoms with Gasteiger partial charge in [-0.05, 0) is 54.7 Å². The third-order valence-electron chi connectivity index (χ3n) is 4.43. The summed E-state index contributed by atoms with van der Waals surface area (Å²) in [5.41, 5.74) is 10.9. The van der Waals surface area contributed by atoms with Gasteiger partial charge in [-0.25, -0.2) is 0 Å². The maximum Gasteiger partial charge on any atom is 0.217 e. The highest BCUT2D eigenvalue weighted by Crippen LogP contribution is 2.32. The Morgan fingerprint density at radius 3 is 2.80 bits per heavy atom. The van der Waals surface area contributed by atoms with Crippen LogP contribution >= 0.6 is 11.6 Å². The fraction of sp³-hybridized carbons (Fsp3) is 0.300. The molecule has 4 nitrogen and oxygen atoms in total. The van der Waals surface area contributed by atoms with Crippen LogP contribution in [0.4, 0.5) is 0 Å². The van der Waals surface area contributed by atoms with Crippen molar-refractivity contribution in [1.29, 1.82) is 0 Å². The van der Waals surface area contributed by atoms with Crippen molar-refractivity contribution in [2.75, 3.05) is 0 Å². The summed E-state index contributed by atoms with van der Waals surface area (Å²) in [6.45, 7) is 0. The number of nitrogens with two attached hydrogens (primary N) is 1.